The molecule has 12 aromatic rings. The molecule has 0 bridgehead atoms. The first kappa shape index (κ1) is 101. The number of nitrogens with zero attached hydrogens (tertiary/aromatic N) is 15. The number of carbonyl (C=O) groups excluding carboxylic acids is 5. The van der Waals surface area contributed by atoms with Crippen molar-refractivity contribution in [3.63, 3.8) is 0 Å². The van der Waals surface area contributed by atoms with Gasteiger partial charge in [0.1, 0.15) is 5.78 Å². The minimum Gasteiger partial charge on any atom is -0.356 e. The summed E-state index contributed by atoms with van der Waals surface area (Å²) in [5.41, 5.74) is 16.3. The Morgan fingerprint density at radius 2 is 0.560 bits per heavy atom. The van der Waals surface area contributed by atoms with Gasteiger partial charge in [0.05, 0.1) is 68.3 Å². The Balaban J connectivity index is 0.000000452. The van der Waals surface area contributed by atoms with Gasteiger partial charge in [-0.25, -0.2) is 15.2 Å². The van der Waals surface area contributed by atoms with Gasteiger partial charge in [-0.05, 0) is 184 Å². The molecule has 0 aliphatic heterocycles. The van der Waals surface area contributed by atoms with Gasteiger partial charge in [-0.1, -0.05) is 118 Å². The van der Waals surface area contributed by atoms with Crippen LogP contribution >= 0.6 is 0 Å². The Kier molecular flexibility index (Phi) is 57.0. The number of hydroxylamine groups is 6. The van der Waals surface area contributed by atoms with Crippen molar-refractivity contribution >= 4 is 29.4 Å². The van der Waals surface area contributed by atoms with Crippen LogP contribution in [0.25, 0.3) is 68.3 Å². The molecule has 0 fully saturated rings. The molecule has 0 unspecified atom stereocenters. The van der Waals surface area contributed by atoms with Crippen molar-refractivity contribution in [3.05, 3.63) is 293 Å². The van der Waals surface area contributed by atoms with Crippen LogP contribution in [0.15, 0.2) is 293 Å². The van der Waals surface area contributed by atoms with Crippen molar-refractivity contribution in [2.45, 2.75) is 117 Å². The maximum absolute atomic E-state index is 11.6. The van der Waals surface area contributed by atoms with Crippen LogP contribution in [-0.4, -0.2) is 153 Å². The van der Waals surface area contributed by atoms with Gasteiger partial charge >= 0.3 is 0 Å². The first-order chi connectivity index (χ1) is 55.3. The maximum atomic E-state index is 11.6. The monoisotopic (exact) mass is 2100 g/mol. The van der Waals surface area contributed by atoms with E-state index in [1.807, 2.05) is 218 Å². The molecule has 25 nitrogen and oxygen atoms in total. The van der Waals surface area contributed by atoms with E-state index in [4.69, 9.17) is 16.1 Å². The number of nitrogens with two attached hydrogens (primary N) is 1. The molecular formula is C88H103N17O8Os3. The van der Waals surface area contributed by atoms with Gasteiger partial charge in [0.25, 0.3) is 0 Å². The number of pyridine rings is 12. The van der Waals surface area contributed by atoms with E-state index >= 15 is 0 Å². The zero-order chi connectivity index (χ0) is 80.8. The summed E-state index contributed by atoms with van der Waals surface area (Å²) >= 11 is 0. The van der Waals surface area contributed by atoms with Crippen LogP contribution in [0.3, 0.4) is 0 Å². The summed E-state index contributed by atoms with van der Waals surface area (Å²) in [4.78, 5) is 107. The van der Waals surface area contributed by atoms with Gasteiger partial charge in [-0.2, -0.15) is 0 Å². The first-order valence-electron chi connectivity index (χ1n) is 37.6. The second-order valence-electron chi connectivity index (χ2n) is 24.6. The Hall–Kier alpha value is -10.9. The normalized spacial score (nSPS) is 9.65. The summed E-state index contributed by atoms with van der Waals surface area (Å²) in [5, 5.41) is 32.1. The van der Waals surface area contributed by atoms with Crippen molar-refractivity contribution in [3.8, 4) is 68.3 Å². The van der Waals surface area contributed by atoms with Gasteiger partial charge in [0, 0.05) is 199 Å². The molecule has 28 heteroatoms. The summed E-state index contributed by atoms with van der Waals surface area (Å²) in [5.74, 6) is -1.36. The van der Waals surface area contributed by atoms with Gasteiger partial charge in [-0.3, -0.25) is 99.4 Å². The Morgan fingerprint density at radius 3 is 0.802 bits per heavy atom. The van der Waals surface area contributed by atoms with E-state index in [9.17, 15) is 29.2 Å². The smallest absolute Gasteiger partial charge is 0.246 e. The number of hydrogen-bond acceptors (Lipinski definition) is 21. The van der Waals surface area contributed by atoms with E-state index < -0.39 is 11.8 Å². The number of amides is 4. The maximum Gasteiger partial charge on any atom is 0.246 e. The van der Waals surface area contributed by atoms with Crippen LogP contribution in [0.4, 0.5) is 0 Å². The van der Waals surface area contributed by atoms with Gasteiger partial charge < -0.3 is 11.1 Å². The first-order valence-corrected chi connectivity index (χ1v) is 37.6. The molecule has 0 aliphatic carbocycles. The molecule has 0 atom stereocenters. The van der Waals surface area contributed by atoms with Crippen LogP contribution < -0.4 is 11.1 Å². The molecule has 12 aromatic heterocycles. The molecular weight excluding hydrogens is 1990 g/mol. The molecule has 0 radical (unpaired) electrons. The van der Waals surface area contributed by atoms with E-state index in [2.05, 4.69) is 72.0 Å². The molecule has 0 aromatic carbocycles. The van der Waals surface area contributed by atoms with E-state index in [1.165, 1.54) is 26.8 Å². The number of rotatable bonds is 29. The second-order valence-corrected chi connectivity index (χ2v) is 24.6. The van der Waals surface area contributed by atoms with Crippen LogP contribution in [0.1, 0.15) is 117 Å². The SMILES string of the molecule is CC(=O)N(O)CCCCCCC(=O)CCC(=O)N(C)O.CCCCCCNC(=O)CCC(=O)N(O)CCCCCN.[Os].[Os].[Os].c1ccc(-c2ccccn2)nc1.c1ccc(-c2ccccn2)nc1.c1ccc(-c2ccccn2)nc1.c1ccc(-c2ccccn2)nc1.c1ccc(-c2ccccn2)nc1.c1ccc(-c2ccccn2)nc1. The summed E-state index contributed by atoms with van der Waals surface area (Å²) in [6, 6.07) is 69.6. The largest absolute Gasteiger partial charge is 0.356 e. The van der Waals surface area contributed by atoms with E-state index in [0.717, 1.165) is 120 Å². The van der Waals surface area contributed by atoms with Crippen molar-refractivity contribution in [1.82, 2.24) is 80.3 Å². The molecule has 12 rings (SSSR count). The van der Waals surface area contributed by atoms with Crippen molar-refractivity contribution in [1.29, 1.82) is 0 Å². The van der Waals surface area contributed by atoms with Crippen molar-refractivity contribution < 1.29 is 99.0 Å². The molecule has 612 valence electrons. The van der Waals surface area contributed by atoms with Crippen LogP contribution in [0.2, 0.25) is 0 Å². The number of Topliss-reactive ketones (excluding diaryl/α,β-unsaturated/α-hetero) is 1. The molecule has 0 saturated heterocycles. The van der Waals surface area contributed by atoms with E-state index in [-0.39, 0.29) is 103 Å². The third kappa shape index (κ3) is 45.9. The van der Waals surface area contributed by atoms with Crippen LogP contribution in [0.5, 0.6) is 0 Å². The molecule has 116 heavy (non-hydrogen) atoms. The van der Waals surface area contributed by atoms with Crippen molar-refractivity contribution in [2.24, 2.45) is 5.73 Å². The molecule has 6 N–H and O–H groups in total. The second kappa shape index (κ2) is 65.4. The van der Waals surface area contributed by atoms with Gasteiger partial charge in [-0.15, -0.1) is 0 Å². The number of aromatic nitrogens is 12. The van der Waals surface area contributed by atoms with Crippen molar-refractivity contribution in [2.75, 3.05) is 33.2 Å². The Morgan fingerprint density at radius 1 is 0.310 bits per heavy atom. The number of ketones is 1. The number of unbranched alkanes of at least 4 members (excludes halogenated alkanes) is 8. The topological polar surface area (TPSA) is 348 Å². The predicted octanol–water partition coefficient (Wildman–Crippen LogP) is 16.0. The Bertz CT molecular complexity index is 3610. The molecule has 12 heterocycles. The summed E-state index contributed by atoms with van der Waals surface area (Å²) in [7, 11) is 1.23. The average molecular weight is 2100 g/mol. The summed E-state index contributed by atoms with van der Waals surface area (Å²) in [6.45, 7) is 5.33. The van der Waals surface area contributed by atoms with Gasteiger partial charge in [0.15, 0.2) is 0 Å². The van der Waals surface area contributed by atoms with E-state index in [1.54, 1.807) is 74.4 Å². The minimum absolute atomic E-state index is 0. The Labute approximate surface area is 720 Å². The number of hydrogen-bond donors (Lipinski definition) is 5. The predicted molar refractivity (Wildman–Crippen MR) is 439 cm³/mol. The molecule has 0 saturated carbocycles. The zero-order valence-electron chi connectivity index (χ0n) is 65.6. The fourth-order valence-corrected chi connectivity index (χ4v) is 9.72. The van der Waals surface area contributed by atoms with Gasteiger partial charge in [0.2, 0.25) is 23.6 Å². The summed E-state index contributed by atoms with van der Waals surface area (Å²) in [6.07, 6.45) is 32.0. The fraction of sp³-hybridized carbons (Fsp3) is 0.261. The van der Waals surface area contributed by atoms with Crippen LogP contribution in [-0.2, 0) is 83.3 Å². The number of carbonyl (C=O) groups is 5. The minimum atomic E-state index is -0.467. The third-order valence-corrected chi connectivity index (χ3v) is 15.8. The number of nitrogens with one attached hydrogen (secondary N) is 1. The molecule has 4 amide bonds. The fourth-order valence-electron chi connectivity index (χ4n) is 9.72. The zero-order valence-corrected chi connectivity index (χ0v) is 73.2. The molecule has 0 spiro atoms. The third-order valence-electron chi connectivity index (χ3n) is 15.8. The van der Waals surface area contributed by atoms with Crippen LogP contribution in [0, 0.1) is 0 Å². The quantitative estimate of drug-likeness (QED) is 0.0165. The molecule has 0 aliphatic rings. The standard InChI is InChI=1S/C15H31N3O3.C13H24N2O5.6C10H8N2.3Os/c1-2-3-4-7-12-17-14(19)9-10-15(20)18(21)13-8-5-6-11-16;1-11(16)15(20)10-6-4-3-5-7-12(17)8-9-13(18)14(2)19;6*1-3-7-11-9(5-1)10-6-2-4-8-12-10;;;/h21H,2-13,16H2,1H3,(H,17,19);19-20H,3-10H2,1-2H3;6*1-8H;;;. The van der Waals surface area contributed by atoms with E-state index in [0.29, 0.717) is 54.2 Å². The average Bonchev–Trinajstić information content (AvgIpc) is 0.914. The summed E-state index contributed by atoms with van der Waals surface area (Å²) < 4.78 is 0.